The summed E-state index contributed by atoms with van der Waals surface area (Å²) in [5, 5.41) is 18.1. The maximum absolute atomic E-state index is 13.7. The third-order valence-electron chi connectivity index (χ3n) is 9.74. The molecule has 2 aromatic rings. The molecule has 0 aromatic heterocycles. The molecule has 2 aliphatic heterocycles. The third kappa shape index (κ3) is 10.3. The van der Waals surface area contributed by atoms with Crippen LogP contribution in [0.1, 0.15) is 107 Å². The highest BCUT2D eigenvalue weighted by Gasteiger charge is 2.44. The minimum Gasteiger partial charge on any atom is -0.465 e. The van der Waals surface area contributed by atoms with Crippen molar-refractivity contribution < 1.29 is 33.7 Å². The Hall–Kier alpha value is -3.51. The number of benzene rings is 2. The van der Waals surface area contributed by atoms with Crippen molar-refractivity contribution in [1.29, 1.82) is 0 Å². The largest absolute Gasteiger partial charge is 0.465 e. The molecule has 49 heavy (non-hydrogen) atoms. The average Bonchev–Trinajstić information content (AvgIpc) is 3.09. The molecule has 0 unspecified atom stereocenters. The van der Waals surface area contributed by atoms with Gasteiger partial charge < -0.3 is 35.3 Å². The molecule has 0 spiro atoms. The van der Waals surface area contributed by atoms with Crippen LogP contribution in [0.4, 0.5) is 4.79 Å². The fourth-order valence-corrected chi connectivity index (χ4v) is 7.40. The summed E-state index contributed by atoms with van der Waals surface area (Å²) >= 11 is 0. The Bertz CT molecular complexity index is 1390. The lowest BCUT2D eigenvalue weighted by molar-refractivity contribution is -0.255. The van der Waals surface area contributed by atoms with Gasteiger partial charge in [0.1, 0.15) is 6.54 Å². The summed E-state index contributed by atoms with van der Waals surface area (Å²) in [6.07, 6.45) is 6.23. The topological polar surface area (TPSA) is 138 Å². The lowest BCUT2D eigenvalue weighted by Crippen LogP contribution is -2.61. The van der Waals surface area contributed by atoms with Crippen LogP contribution in [0, 0.1) is 5.92 Å². The predicted octanol–water partition coefficient (Wildman–Crippen LogP) is 5.02. The average molecular weight is 679 g/mol. The molecule has 11 nitrogen and oxygen atoms in total. The number of nitrogens with zero attached hydrogens (tertiary/aromatic N) is 1. The number of esters is 1. The molecule has 2 heterocycles. The molecule has 2 saturated heterocycles. The molecule has 3 aliphatic rings. The molecule has 6 atom stereocenters. The zero-order valence-corrected chi connectivity index (χ0v) is 29.4. The molecule has 11 heteroatoms. The molecule has 3 fully saturated rings. The van der Waals surface area contributed by atoms with Gasteiger partial charge in [-0.3, -0.25) is 14.5 Å². The van der Waals surface area contributed by atoms with Gasteiger partial charge >= 0.3 is 12.0 Å². The predicted molar refractivity (Wildman–Crippen MR) is 185 cm³/mol. The molecule has 0 radical (unpaired) electrons. The van der Waals surface area contributed by atoms with Crippen LogP contribution in [0.15, 0.2) is 48.5 Å². The number of aliphatic hydroxyl groups excluding tert-OH is 1. The number of urea groups is 1. The number of piperidine rings is 1. The van der Waals surface area contributed by atoms with Crippen LogP contribution >= 0.6 is 0 Å². The van der Waals surface area contributed by atoms with Crippen molar-refractivity contribution in [3.63, 3.8) is 0 Å². The number of amides is 3. The highest BCUT2D eigenvalue weighted by Crippen LogP contribution is 2.42. The quantitative estimate of drug-likeness (QED) is 0.243. The van der Waals surface area contributed by atoms with Gasteiger partial charge in [-0.05, 0) is 76.0 Å². The van der Waals surface area contributed by atoms with Crippen LogP contribution in [-0.2, 0) is 37.0 Å². The summed E-state index contributed by atoms with van der Waals surface area (Å²) in [5.74, 6) is 0.200. The SMILES string of the molecule is CCOC(=O)CNC(=O)NCc1ccc([C@@H]2O[C@H](CN3[C@@H](C(=O)NC(C)(C)C)CC[C@H]4CCCC[C@H]43)C[C@H](c3ccc(CO)cc3)O2)cc1. The van der Waals surface area contributed by atoms with Crippen LogP contribution in [0.25, 0.3) is 0 Å². The van der Waals surface area contributed by atoms with Crippen molar-refractivity contribution in [3.05, 3.63) is 70.8 Å². The summed E-state index contributed by atoms with van der Waals surface area (Å²) in [7, 11) is 0. The van der Waals surface area contributed by atoms with E-state index in [1.54, 1.807) is 6.92 Å². The molecule has 5 rings (SSSR count). The summed E-state index contributed by atoms with van der Waals surface area (Å²) in [4.78, 5) is 39.8. The van der Waals surface area contributed by atoms with E-state index in [-0.39, 0.29) is 56.0 Å². The first-order valence-electron chi connectivity index (χ1n) is 17.9. The minimum atomic E-state index is -0.634. The first-order chi connectivity index (χ1) is 23.5. The molecule has 268 valence electrons. The number of fused-ring (bicyclic) bond motifs is 1. The highest BCUT2D eigenvalue weighted by atomic mass is 16.7. The van der Waals surface area contributed by atoms with Gasteiger partial charge in [0.2, 0.25) is 5.91 Å². The monoisotopic (exact) mass is 678 g/mol. The zero-order chi connectivity index (χ0) is 35.0. The second kappa shape index (κ2) is 16.9. The maximum atomic E-state index is 13.7. The van der Waals surface area contributed by atoms with Crippen molar-refractivity contribution in [2.75, 3.05) is 19.7 Å². The van der Waals surface area contributed by atoms with Crippen molar-refractivity contribution in [3.8, 4) is 0 Å². The number of ether oxygens (including phenoxy) is 3. The van der Waals surface area contributed by atoms with Gasteiger partial charge in [0.05, 0.1) is 31.5 Å². The number of carbonyl (C=O) groups is 3. The molecule has 4 N–H and O–H groups in total. The molecule has 2 aromatic carbocycles. The Labute approximate surface area is 290 Å². The Morgan fingerprint density at radius 1 is 0.898 bits per heavy atom. The lowest BCUT2D eigenvalue weighted by Gasteiger charge is -2.50. The van der Waals surface area contributed by atoms with E-state index in [2.05, 4.69) is 20.9 Å². The fraction of sp³-hybridized carbons (Fsp3) is 0.605. The standard InChI is InChI=1S/C38H54N4O7/c1-5-47-34(44)22-40-37(46)39-21-25-10-16-29(17-11-25)36-48-30(20-33(49-36)28-14-12-26(24-43)13-15-28)23-42-31-9-7-6-8-27(31)18-19-32(42)35(45)41-38(2,3)4/h10-17,27,30-33,36,43H,5-9,18-24H2,1-4H3,(H,41,45)(H2,39,40,46)/t27-,30+,31-,32-,33-,36-/m1/s1. The van der Waals surface area contributed by atoms with E-state index in [0.717, 1.165) is 41.5 Å². The zero-order valence-electron chi connectivity index (χ0n) is 29.4. The van der Waals surface area contributed by atoms with Gasteiger partial charge in [-0.2, -0.15) is 0 Å². The number of carbonyl (C=O) groups excluding carboxylic acids is 3. The van der Waals surface area contributed by atoms with Crippen molar-refractivity contribution in [1.82, 2.24) is 20.9 Å². The molecule has 3 amide bonds. The van der Waals surface area contributed by atoms with E-state index in [9.17, 15) is 19.5 Å². The molecule has 1 saturated carbocycles. The number of nitrogens with one attached hydrogen (secondary N) is 3. The van der Waals surface area contributed by atoms with Crippen LogP contribution in [0.2, 0.25) is 0 Å². The summed E-state index contributed by atoms with van der Waals surface area (Å²) in [5.41, 5.74) is 3.27. The van der Waals surface area contributed by atoms with Gasteiger partial charge in [0.25, 0.3) is 0 Å². The van der Waals surface area contributed by atoms with E-state index in [1.165, 1.54) is 19.3 Å². The van der Waals surface area contributed by atoms with Crippen LogP contribution in [-0.4, -0.2) is 71.3 Å². The van der Waals surface area contributed by atoms with Crippen LogP contribution in [0.3, 0.4) is 0 Å². The number of aliphatic hydroxyl groups is 1. The molecule has 1 aliphatic carbocycles. The number of rotatable bonds is 11. The van der Waals surface area contributed by atoms with Crippen LogP contribution in [0.5, 0.6) is 0 Å². The van der Waals surface area contributed by atoms with Crippen LogP contribution < -0.4 is 16.0 Å². The van der Waals surface area contributed by atoms with E-state index >= 15 is 0 Å². The Balaban J connectivity index is 1.32. The summed E-state index contributed by atoms with van der Waals surface area (Å²) in [6.45, 7) is 8.76. The molecule has 0 bridgehead atoms. The fourth-order valence-electron chi connectivity index (χ4n) is 7.40. The molecular formula is C38H54N4O7. The van der Waals surface area contributed by atoms with Gasteiger partial charge in [-0.25, -0.2) is 4.79 Å². The van der Waals surface area contributed by atoms with Crippen molar-refractivity contribution >= 4 is 17.9 Å². The lowest BCUT2D eigenvalue weighted by atomic mass is 9.75. The molecular weight excluding hydrogens is 624 g/mol. The smallest absolute Gasteiger partial charge is 0.325 e. The van der Waals surface area contributed by atoms with Gasteiger partial charge in [-0.1, -0.05) is 61.4 Å². The number of hydrogen-bond donors (Lipinski definition) is 4. The normalized spacial score (nSPS) is 25.9. The van der Waals surface area contributed by atoms with Crippen molar-refractivity contribution in [2.24, 2.45) is 5.92 Å². The first kappa shape index (κ1) is 36.8. The van der Waals surface area contributed by atoms with E-state index in [4.69, 9.17) is 14.2 Å². The number of likely N-dealkylation sites (tertiary alicyclic amines) is 1. The third-order valence-corrected chi connectivity index (χ3v) is 9.74. The first-order valence-corrected chi connectivity index (χ1v) is 17.9. The van der Waals surface area contributed by atoms with Crippen molar-refractivity contribution in [2.45, 2.75) is 122 Å². The van der Waals surface area contributed by atoms with Gasteiger partial charge in [0, 0.05) is 36.7 Å². The van der Waals surface area contributed by atoms with E-state index in [1.807, 2.05) is 69.3 Å². The van der Waals surface area contributed by atoms with E-state index in [0.29, 0.717) is 24.9 Å². The van der Waals surface area contributed by atoms with Gasteiger partial charge in [0.15, 0.2) is 6.29 Å². The van der Waals surface area contributed by atoms with Gasteiger partial charge in [-0.15, -0.1) is 0 Å². The highest BCUT2D eigenvalue weighted by molar-refractivity contribution is 5.82. The maximum Gasteiger partial charge on any atom is 0.325 e. The van der Waals surface area contributed by atoms with E-state index < -0.39 is 18.3 Å². The number of hydrogen-bond acceptors (Lipinski definition) is 8. The Morgan fingerprint density at radius 3 is 2.29 bits per heavy atom. The second-order valence-corrected chi connectivity index (χ2v) is 14.6. The Morgan fingerprint density at radius 2 is 1.59 bits per heavy atom. The minimum absolute atomic E-state index is 0.0238. The summed E-state index contributed by atoms with van der Waals surface area (Å²) < 4.78 is 18.2. The second-order valence-electron chi connectivity index (χ2n) is 14.6. The summed E-state index contributed by atoms with van der Waals surface area (Å²) in [6, 6.07) is 15.3. The Kier molecular flexibility index (Phi) is 12.7.